The lowest BCUT2D eigenvalue weighted by Gasteiger charge is -2.26. The summed E-state index contributed by atoms with van der Waals surface area (Å²) in [6.45, 7) is 6.40. The summed E-state index contributed by atoms with van der Waals surface area (Å²) in [4.78, 5) is 11.0. The maximum Gasteiger partial charge on any atom is 0.488 e. The van der Waals surface area contributed by atoms with Crippen molar-refractivity contribution in [2.45, 2.75) is 19.9 Å². The number of anilines is 4. The molecule has 1 aliphatic heterocycles. The molecule has 0 spiro atoms. The fourth-order valence-electron chi connectivity index (χ4n) is 4.23. The molecule has 1 aliphatic rings. The van der Waals surface area contributed by atoms with E-state index in [1.54, 1.807) is 14.0 Å². The van der Waals surface area contributed by atoms with Gasteiger partial charge in [-0.1, -0.05) is 15.5 Å². The Morgan fingerprint density at radius 2 is 1.89 bits per heavy atom. The van der Waals surface area contributed by atoms with Crippen LogP contribution in [0.4, 0.5) is 27.0 Å². The normalized spacial score (nSPS) is 14.1. The smallest absolute Gasteiger partial charge is 0.488 e. The molecule has 0 amide bonds. The molecule has 0 aliphatic carbocycles. The summed E-state index contributed by atoms with van der Waals surface area (Å²) >= 11 is 6.39. The van der Waals surface area contributed by atoms with Gasteiger partial charge in [0.05, 0.1) is 24.7 Å². The maximum absolute atomic E-state index is 13.1. The van der Waals surface area contributed by atoms with Crippen LogP contribution < -0.4 is 24.9 Å². The molecule has 0 radical (unpaired) electrons. The van der Waals surface area contributed by atoms with Crippen LogP contribution in [0.1, 0.15) is 16.7 Å². The Morgan fingerprint density at radius 1 is 1.16 bits per heavy atom. The third-order valence-electron chi connectivity index (χ3n) is 6.02. The first kappa shape index (κ1) is 28.1. The average molecular weight is 584 g/mol. The van der Waals surface area contributed by atoms with Gasteiger partial charge in [-0.2, -0.15) is 13.4 Å². The second kappa shape index (κ2) is 10.7. The highest BCUT2D eigenvalue weighted by atomic mass is 35.5. The van der Waals surface area contributed by atoms with Crippen molar-refractivity contribution in [2.75, 3.05) is 44.7 Å². The van der Waals surface area contributed by atoms with Crippen molar-refractivity contribution in [3.05, 3.63) is 52.2 Å². The third-order valence-corrected chi connectivity index (χ3v) is 8.20. The number of rotatable bonds is 8. The highest BCUT2D eigenvalue weighted by molar-refractivity contribution is 7.81. The number of nitrogens with zero attached hydrogens (tertiary/aromatic N) is 3. The van der Waals surface area contributed by atoms with Crippen LogP contribution in [0.25, 0.3) is 0 Å². The number of aryl methyl sites for hydroxylation is 1. The number of halogens is 2. The van der Waals surface area contributed by atoms with E-state index in [9.17, 15) is 16.9 Å². The first-order valence-electron chi connectivity index (χ1n) is 11.5. The molecule has 4 rings (SSSR count). The zero-order valence-corrected chi connectivity index (χ0v) is 24.0. The molecule has 0 saturated heterocycles. The number of aromatic nitrogens is 2. The summed E-state index contributed by atoms with van der Waals surface area (Å²) in [7, 11) is -4.60. The summed E-state index contributed by atoms with van der Waals surface area (Å²) in [6, 6.07) is 6.55. The number of benzene rings is 2. The lowest BCUT2D eigenvalue weighted by Crippen LogP contribution is -2.26. The van der Waals surface area contributed by atoms with Crippen LogP contribution in [-0.4, -0.2) is 57.3 Å². The Balaban J connectivity index is 1.70. The van der Waals surface area contributed by atoms with Crippen molar-refractivity contribution in [3.8, 4) is 11.5 Å². The molecule has 2 N–H and O–H groups in total. The first-order valence-corrected chi connectivity index (χ1v) is 15.8. The van der Waals surface area contributed by atoms with E-state index < -0.39 is 17.6 Å². The van der Waals surface area contributed by atoms with Gasteiger partial charge in [0, 0.05) is 18.4 Å². The minimum atomic E-state index is -5.26. The molecule has 0 bridgehead atoms. The standard InChI is InChI=1S/C24H28ClFN5O5PS/c1-14-8-17(36-38(26,33)34)11-21(37(4,5)32)22(14)29-23-18(25)12-27-24(30-23)28-19-9-16-13-31(2)7-6-15(16)10-20(19)35-3/h8-12H,6-7,13H2,1-5H3,(H2,27,28,29,30). The Morgan fingerprint density at radius 3 is 2.55 bits per heavy atom. The highest BCUT2D eigenvalue weighted by Crippen LogP contribution is 2.42. The average Bonchev–Trinajstić information content (AvgIpc) is 2.80. The van der Waals surface area contributed by atoms with Crippen molar-refractivity contribution in [3.63, 3.8) is 0 Å². The van der Waals surface area contributed by atoms with Crippen molar-refractivity contribution in [1.82, 2.24) is 14.9 Å². The van der Waals surface area contributed by atoms with Gasteiger partial charge in [-0.3, -0.25) is 0 Å². The van der Waals surface area contributed by atoms with Crippen LogP contribution in [0.2, 0.25) is 5.02 Å². The number of hydrogen-bond acceptors (Lipinski definition) is 10. The molecule has 0 fully saturated rings. The molecule has 0 atom stereocenters. The Hall–Kier alpha value is -2.92. The molecule has 3 aromatic rings. The molecule has 10 nitrogen and oxygen atoms in total. The Kier molecular flexibility index (Phi) is 7.90. The van der Waals surface area contributed by atoms with Crippen LogP contribution in [0.15, 0.2) is 30.5 Å². The van der Waals surface area contributed by atoms with E-state index in [1.807, 2.05) is 12.1 Å². The van der Waals surface area contributed by atoms with Gasteiger partial charge in [0.2, 0.25) is 5.95 Å². The lowest BCUT2D eigenvalue weighted by atomic mass is 9.99. The van der Waals surface area contributed by atoms with Gasteiger partial charge in [-0.05, 0) is 74.7 Å². The zero-order chi connectivity index (χ0) is 27.8. The third kappa shape index (κ3) is 6.55. The van der Waals surface area contributed by atoms with E-state index in [4.69, 9.17) is 16.3 Å². The fourth-order valence-corrected chi connectivity index (χ4v) is 5.91. The molecule has 38 heavy (non-hydrogen) atoms. The fraction of sp³-hybridized carbons (Fsp3) is 0.333. The van der Waals surface area contributed by atoms with Crippen LogP contribution >= 0.6 is 18.7 Å². The Labute approximate surface area is 226 Å². The molecular formula is C24H28ClFN5O5PS. The second-order valence-electron chi connectivity index (χ2n) is 9.41. The van der Waals surface area contributed by atoms with Crippen molar-refractivity contribution < 1.29 is 25.8 Å². The molecule has 14 heteroatoms. The second-order valence-corrected chi connectivity index (χ2v) is 14.0. The van der Waals surface area contributed by atoms with E-state index in [0.29, 0.717) is 22.7 Å². The van der Waals surface area contributed by atoms with E-state index >= 15 is 0 Å². The summed E-state index contributed by atoms with van der Waals surface area (Å²) in [5.41, 5.74) is 3.91. The van der Waals surface area contributed by atoms with E-state index in [2.05, 4.69) is 36.7 Å². The number of methoxy groups -OCH3 is 1. The maximum atomic E-state index is 13.1. The van der Waals surface area contributed by atoms with Crippen molar-refractivity contribution in [1.29, 1.82) is 0 Å². The number of fused-ring (bicyclic) bond motifs is 1. The van der Waals surface area contributed by atoms with Gasteiger partial charge >= 0.3 is 10.5 Å². The molecular weight excluding hydrogens is 556 g/mol. The molecule has 2 aromatic carbocycles. The minimum absolute atomic E-state index is 0.189. The van der Waals surface area contributed by atoms with Gasteiger partial charge < -0.3 is 29.0 Å². The van der Waals surface area contributed by atoms with Gasteiger partial charge in [-0.15, -0.1) is 0 Å². The van der Waals surface area contributed by atoms with E-state index in [1.165, 1.54) is 42.8 Å². The predicted molar refractivity (Wildman–Crippen MR) is 148 cm³/mol. The molecule has 0 saturated carbocycles. The Bertz CT molecular complexity index is 1550. The minimum Gasteiger partial charge on any atom is -0.495 e. The summed E-state index contributed by atoms with van der Waals surface area (Å²) in [6.07, 6.45) is 2.34. The molecule has 0 unspecified atom stereocenters. The molecule has 1 aromatic heterocycles. The zero-order valence-electron chi connectivity index (χ0n) is 21.5. The molecule has 2 heterocycles. The topological polar surface area (TPSA) is 123 Å². The van der Waals surface area contributed by atoms with Crippen LogP contribution in [0, 0.1) is 6.92 Å². The van der Waals surface area contributed by atoms with Gasteiger partial charge in [0.1, 0.15) is 23.7 Å². The number of hydrogen-bond donors (Lipinski definition) is 2. The first-order chi connectivity index (χ1) is 17.7. The summed E-state index contributed by atoms with van der Waals surface area (Å²) in [5.74, 6) is 0.801. The van der Waals surface area contributed by atoms with Crippen molar-refractivity contribution >= 4 is 57.7 Å². The predicted octanol–water partition coefficient (Wildman–Crippen LogP) is 4.76. The van der Waals surface area contributed by atoms with Gasteiger partial charge in [0.15, 0.2) is 5.82 Å². The largest absolute Gasteiger partial charge is 0.495 e. The van der Waals surface area contributed by atoms with E-state index in [0.717, 1.165) is 19.5 Å². The highest BCUT2D eigenvalue weighted by Gasteiger charge is 2.23. The number of ether oxygens (including phenoxy) is 1. The monoisotopic (exact) mass is 583 g/mol. The van der Waals surface area contributed by atoms with Crippen LogP contribution in [0.5, 0.6) is 11.5 Å². The quantitative estimate of drug-likeness (QED) is 0.283. The lowest BCUT2D eigenvalue weighted by molar-refractivity contribution is 0.312. The van der Waals surface area contributed by atoms with Crippen LogP contribution in [0.3, 0.4) is 0 Å². The van der Waals surface area contributed by atoms with Crippen molar-refractivity contribution in [2.24, 2.45) is 0 Å². The molecule has 204 valence electrons. The van der Waals surface area contributed by atoms with Gasteiger partial charge in [0.25, 0.3) is 0 Å². The number of nitrogens with one attached hydrogen (secondary N) is 2. The van der Waals surface area contributed by atoms with E-state index in [-0.39, 0.29) is 27.8 Å². The van der Waals surface area contributed by atoms with Crippen LogP contribution in [-0.2, 0) is 28.0 Å². The van der Waals surface area contributed by atoms with Gasteiger partial charge in [-0.25, -0.2) is 4.98 Å². The summed E-state index contributed by atoms with van der Waals surface area (Å²) in [5, 5.41) is 6.70. The number of likely N-dealkylation sites (N-methyl/N-ethyl adjacent to an activating group) is 1. The summed E-state index contributed by atoms with van der Waals surface area (Å²) < 4.78 is 58.2. The SMILES string of the molecule is COc1cc2c(cc1Nc1ncc(Cl)c(Nc3c(C)cc(OS(=O)(=O)F)cc3P(C)(C)=O)n1)CN(C)CC2.